The minimum Gasteiger partial charge on any atom is -0.352 e. The number of nitrogens with zero attached hydrogens (tertiary/aromatic N) is 2. The van der Waals surface area contributed by atoms with Crippen LogP contribution in [0.2, 0.25) is 0 Å². The first-order valence-corrected chi connectivity index (χ1v) is 7.09. The molecule has 8 nitrogen and oxygen atoms in total. The molecule has 0 aliphatic carbocycles. The third kappa shape index (κ3) is 3.37. The summed E-state index contributed by atoms with van der Waals surface area (Å²) in [7, 11) is 0. The summed E-state index contributed by atoms with van der Waals surface area (Å²) in [4.78, 5) is 34.4. The molecule has 0 bridgehead atoms. The molecular formula is C15H15N5O3. The summed E-state index contributed by atoms with van der Waals surface area (Å²) in [6.45, 7) is 0.303. The van der Waals surface area contributed by atoms with E-state index >= 15 is 0 Å². The quantitative estimate of drug-likeness (QED) is 0.680. The maximum Gasteiger partial charge on any atom is 0.322 e. The van der Waals surface area contributed by atoms with Crippen LogP contribution in [0.1, 0.15) is 12.0 Å². The van der Waals surface area contributed by atoms with Crippen molar-refractivity contribution in [2.75, 3.05) is 0 Å². The summed E-state index contributed by atoms with van der Waals surface area (Å²) < 4.78 is 1.71. The number of imide groups is 1. The van der Waals surface area contributed by atoms with Crippen LogP contribution in [0, 0.1) is 0 Å². The molecule has 0 saturated carbocycles. The Labute approximate surface area is 131 Å². The van der Waals surface area contributed by atoms with Crippen molar-refractivity contribution < 1.29 is 14.4 Å². The van der Waals surface area contributed by atoms with E-state index in [1.165, 1.54) is 0 Å². The van der Waals surface area contributed by atoms with Crippen LogP contribution in [0.4, 0.5) is 4.79 Å². The highest BCUT2D eigenvalue weighted by Crippen LogP contribution is 2.13. The van der Waals surface area contributed by atoms with Crippen molar-refractivity contribution in [1.82, 2.24) is 25.7 Å². The van der Waals surface area contributed by atoms with Gasteiger partial charge in [-0.25, -0.2) is 9.48 Å². The molecule has 1 fully saturated rings. The van der Waals surface area contributed by atoms with E-state index in [-0.39, 0.29) is 12.3 Å². The number of carbonyl (C=O) groups is 3. The third-order valence-electron chi connectivity index (χ3n) is 3.47. The minimum atomic E-state index is -0.816. The summed E-state index contributed by atoms with van der Waals surface area (Å²) >= 11 is 0. The molecule has 3 N–H and O–H groups in total. The van der Waals surface area contributed by atoms with Gasteiger partial charge in [-0.1, -0.05) is 18.2 Å². The van der Waals surface area contributed by atoms with Gasteiger partial charge in [0.2, 0.25) is 5.91 Å². The highest BCUT2D eigenvalue weighted by Gasteiger charge is 2.31. The molecule has 1 atom stereocenters. The predicted molar refractivity (Wildman–Crippen MR) is 80.5 cm³/mol. The fraction of sp³-hybridized carbons (Fsp3) is 0.200. The second kappa shape index (κ2) is 6.30. The summed E-state index contributed by atoms with van der Waals surface area (Å²) in [5.41, 5.74) is 1.76. The van der Waals surface area contributed by atoms with Crippen LogP contribution < -0.4 is 16.0 Å². The number of rotatable bonds is 5. The zero-order chi connectivity index (χ0) is 16.2. The fourth-order valence-electron chi connectivity index (χ4n) is 2.35. The van der Waals surface area contributed by atoms with E-state index in [1.54, 1.807) is 10.9 Å². The number of urea groups is 1. The van der Waals surface area contributed by atoms with E-state index in [0.29, 0.717) is 6.54 Å². The number of benzene rings is 1. The molecule has 0 radical (unpaired) electrons. The first-order chi connectivity index (χ1) is 11.1. The van der Waals surface area contributed by atoms with Gasteiger partial charge in [-0.2, -0.15) is 5.10 Å². The van der Waals surface area contributed by atoms with Gasteiger partial charge in [-0.05, 0) is 17.7 Å². The van der Waals surface area contributed by atoms with Gasteiger partial charge in [-0.3, -0.25) is 14.9 Å². The standard InChI is InChI=1S/C15H15N5O3/c21-13(8-11-14(22)19-15(23)18-11)16-9-10-4-1-2-5-12(10)20-7-3-6-17-20/h1-7,11H,8-9H2,(H,16,21)(H2,18,19,22,23). The molecule has 1 aromatic carbocycles. The van der Waals surface area contributed by atoms with Gasteiger partial charge >= 0.3 is 6.03 Å². The average Bonchev–Trinajstić information content (AvgIpc) is 3.16. The van der Waals surface area contributed by atoms with E-state index in [2.05, 4.69) is 21.0 Å². The second-order valence-electron chi connectivity index (χ2n) is 5.08. The molecule has 23 heavy (non-hydrogen) atoms. The molecule has 2 aromatic rings. The van der Waals surface area contributed by atoms with E-state index in [4.69, 9.17) is 0 Å². The van der Waals surface area contributed by atoms with E-state index in [1.807, 2.05) is 36.5 Å². The minimum absolute atomic E-state index is 0.0957. The summed E-state index contributed by atoms with van der Waals surface area (Å²) in [5, 5.41) is 11.4. The maximum atomic E-state index is 12.0. The zero-order valence-corrected chi connectivity index (χ0v) is 12.2. The lowest BCUT2D eigenvalue weighted by molar-refractivity contribution is -0.126. The summed E-state index contributed by atoms with van der Waals surface area (Å²) in [5.74, 6) is -0.801. The van der Waals surface area contributed by atoms with Crippen LogP contribution in [0.25, 0.3) is 5.69 Å². The Balaban J connectivity index is 1.62. The monoisotopic (exact) mass is 313 g/mol. The fourth-order valence-corrected chi connectivity index (χ4v) is 2.35. The van der Waals surface area contributed by atoms with Crippen molar-refractivity contribution in [2.45, 2.75) is 19.0 Å². The van der Waals surface area contributed by atoms with Gasteiger partial charge in [0.1, 0.15) is 6.04 Å². The summed E-state index contributed by atoms with van der Waals surface area (Å²) in [6.07, 6.45) is 3.40. The van der Waals surface area contributed by atoms with Gasteiger partial charge < -0.3 is 10.6 Å². The lowest BCUT2D eigenvalue weighted by atomic mass is 10.1. The van der Waals surface area contributed by atoms with Gasteiger partial charge in [-0.15, -0.1) is 0 Å². The molecule has 3 rings (SSSR count). The topological polar surface area (TPSA) is 105 Å². The SMILES string of the molecule is O=C(CC1NC(=O)NC1=O)NCc1ccccc1-n1cccn1. The van der Waals surface area contributed by atoms with Crippen LogP contribution in [-0.2, 0) is 16.1 Å². The van der Waals surface area contributed by atoms with Crippen LogP contribution in [0.3, 0.4) is 0 Å². The Morgan fingerprint density at radius 3 is 2.78 bits per heavy atom. The average molecular weight is 313 g/mol. The number of carbonyl (C=O) groups excluding carboxylic acids is 3. The van der Waals surface area contributed by atoms with Crippen molar-refractivity contribution in [3.63, 3.8) is 0 Å². The first kappa shape index (κ1) is 14.8. The summed E-state index contributed by atoms with van der Waals surface area (Å²) in [6, 6.07) is 7.98. The van der Waals surface area contributed by atoms with E-state index < -0.39 is 18.0 Å². The molecular weight excluding hydrogens is 298 g/mol. The molecule has 1 aliphatic heterocycles. The Bertz CT molecular complexity index is 741. The van der Waals surface area contributed by atoms with Crippen molar-refractivity contribution >= 4 is 17.8 Å². The molecule has 1 unspecified atom stereocenters. The molecule has 118 valence electrons. The number of aromatic nitrogens is 2. The number of hydrogen-bond donors (Lipinski definition) is 3. The van der Waals surface area contributed by atoms with Crippen LogP contribution in [0.15, 0.2) is 42.7 Å². The predicted octanol–water partition coefficient (Wildman–Crippen LogP) is 0.0866. The number of hydrogen-bond acceptors (Lipinski definition) is 4. The van der Waals surface area contributed by atoms with Gasteiger partial charge in [0, 0.05) is 18.9 Å². The first-order valence-electron chi connectivity index (χ1n) is 7.09. The molecule has 1 saturated heterocycles. The Hall–Kier alpha value is -3.16. The molecule has 8 heteroatoms. The van der Waals surface area contributed by atoms with Crippen molar-refractivity contribution in [1.29, 1.82) is 0 Å². The normalized spacial score (nSPS) is 16.8. The number of nitrogens with one attached hydrogen (secondary N) is 3. The number of amides is 4. The van der Waals surface area contributed by atoms with Gasteiger partial charge in [0.05, 0.1) is 12.1 Å². The lowest BCUT2D eigenvalue weighted by Crippen LogP contribution is -2.36. The smallest absolute Gasteiger partial charge is 0.322 e. The third-order valence-corrected chi connectivity index (χ3v) is 3.47. The highest BCUT2D eigenvalue weighted by molar-refractivity contribution is 6.05. The molecule has 0 spiro atoms. The van der Waals surface area contributed by atoms with Crippen molar-refractivity contribution in [2.24, 2.45) is 0 Å². The van der Waals surface area contributed by atoms with Crippen molar-refractivity contribution in [3.8, 4) is 5.69 Å². The van der Waals surface area contributed by atoms with Gasteiger partial charge in [0.25, 0.3) is 5.91 Å². The lowest BCUT2D eigenvalue weighted by Gasteiger charge is -2.12. The Morgan fingerprint density at radius 2 is 2.09 bits per heavy atom. The maximum absolute atomic E-state index is 12.0. The number of para-hydroxylation sites is 1. The molecule has 1 aromatic heterocycles. The highest BCUT2D eigenvalue weighted by atomic mass is 16.2. The van der Waals surface area contributed by atoms with Crippen molar-refractivity contribution in [3.05, 3.63) is 48.3 Å². The molecule has 4 amide bonds. The molecule has 2 heterocycles. The molecule has 1 aliphatic rings. The van der Waals surface area contributed by atoms with Gasteiger partial charge in [0.15, 0.2) is 0 Å². The van der Waals surface area contributed by atoms with Crippen LogP contribution in [0.5, 0.6) is 0 Å². The second-order valence-corrected chi connectivity index (χ2v) is 5.08. The largest absolute Gasteiger partial charge is 0.352 e. The van der Waals surface area contributed by atoms with Crippen LogP contribution in [-0.4, -0.2) is 33.7 Å². The van der Waals surface area contributed by atoms with Crippen LogP contribution >= 0.6 is 0 Å². The Kier molecular flexibility index (Phi) is 4.05. The zero-order valence-electron chi connectivity index (χ0n) is 12.2. The van der Waals surface area contributed by atoms with E-state index in [9.17, 15) is 14.4 Å². The van der Waals surface area contributed by atoms with E-state index in [0.717, 1.165) is 11.3 Å². The Morgan fingerprint density at radius 1 is 1.26 bits per heavy atom.